The Balaban J connectivity index is 1.40. The number of esters is 1. The quantitative estimate of drug-likeness (QED) is 0.724. The molecule has 2 fully saturated rings. The van der Waals surface area contributed by atoms with Gasteiger partial charge in [0.05, 0.1) is 32.1 Å². The van der Waals surface area contributed by atoms with E-state index >= 15 is 0 Å². The molecule has 28 heavy (non-hydrogen) atoms. The highest BCUT2D eigenvalue weighted by Crippen LogP contribution is 2.31. The molecular formula is C19H21N3O5S. The fraction of sp³-hybridized carbons (Fsp3) is 0.421. The maximum absolute atomic E-state index is 12.6. The van der Waals surface area contributed by atoms with Crippen molar-refractivity contribution < 1.29 is 23.8 Å². The summed E-state index contributed by atoms with van der Waals surface area (Å²) in [7, 11) is 1.35. The Morgan fingerprint density at radius 1 is 1.29 bits per heavy atom. The van der Waals surface area contributed by atoms with Crippen LogP contribution in [0, 0.1) is 0 Å². The van der Waals surface area contributed by atoms with Gasteiger partial charge in [0, 0.05) is 19.6 Å². The van der Waals surface area contributed by atoms with Gasteiger partial charge in [-0.3, -0.25) is 4.90 Å². The number of carbonyl (C=O) groups excluding carboxylic acids is 2. The number of morpholine rings is 1. The zero-order valence-corrected chi connectivity index (χ0v) is 16.3. The lowest BCUT2D eigenvalue weighted by Gasteiger charge is -2.35. The molecule has 4 rings (SSSR count). The summed E-state index contributed by atoms with van der Waals surface area (Å²) < 4.78 is 16.1. The number of amides is 1. The molecular weight excluding hydrogens is 382 g/mol. The summed E-state index contributed by atoms with van der Waals surface area (Å²) in [5.74, 6) is -0.400. The van der Waals surface area contributed by atoms with E-state index in [9.17, 15) is 9.59 Å². The number of methoxy groups -OCH3 is 1. The normalized spacial score (nSPS) is 21.3. The van der Waals surface area contributed by atoms with Gasteiger partial charge < -0.3 is 19.1 Å². The molecule has 0 unspecified atom stereocenters. The van der Waals surface area contributed by atoms with Crippen LogP contribution < -0.4 is 4.90 Å². The van der Waals surface area contributed by atoms with E-state index in [4.69, 9.17) is 14.2 Å². The molecule has 2 aliphatic heterocycles. The van der Waals surface area contributed by atoms with Crippen molar-refractivity contribution in [1.82, 2.24) is 9.88 Å². The smallest absolute Gasteiger partial charge is 0.410 e. The van der Waals surface area contributed by atoms with E-state index in [0.29, 0.717) is 31.1 Å². The second kappa shape index (κ2) is 8.15. The van der Waals surface area contributed by atoms with E-state index in [2.05, 4.69) is 4.98 Å². The molecule has 0 N–H and O–H groups in total. The fourth-order valence-corrected chi connectivity index (χ4v) is 4.33. The Morgan fingerprint density at radius 3 is 2.89 bits per heavy atom. The monoisotopic (exact) mass is 403 g/mol. The number of rotatable bonds is 4. The topological polar surface area (TPSA) is 81.2 Å². The Morgan fingerprint density at radius 2 is 2.11 bits per heavy atom. The fourth-order valence-electron chi connectivity index (χ4n) is 3.48. The summed E-state index contributed by atoms with van der Waals surface area (Å²) in [6.07, 6.45) is 1.07. The van der Waals surface area contributed by atoms with Crippen molar-refractivity contribution in [3.8, 4) is 0 Å². The molecule has 0 saturated carbocycles. The Hall–Kier alpha value is -2.65. The zero-order valence-electron chi connectivity index (χ0n) is 15.4. The van der Waals surface area contributed by atoms with E-state index < -0.39 is 5.97 Å². The van der Waals surface area contributed by atoms with Crippen molar-refractivity contribution in [3.63, 3.8) is 0 Å². The van der Waals surface area contributed by atoms with Gasteiger partial charge in [-0.2, -0.15) is 0 Å². The summed E-state index contributed by atoms with van der Waals surface area (Å²) in [5.41, 5.74) is 0.951. The third kappa shape index (κ3) is 3.81. The SMILES string of the molecule is COC(=O)c1cnc(N2C[C@@H]3OCCN(C(=O)OCc4ccccc4)[C@@H]3C2)s1. The van der Waals surface area contributed by atoms with E-state index in [1.165, 1.54) is 24.6 Å². The molecule has 1 aromatic carbocycles. The summed E-state index contributed by atoms with van der Waals surface area (Å²) in [6.45, 7) is 2.40. The van der Waals surface area contributed by atoms with E-state index in [1.807, 2.05) is 35.2 Å². The molecule has 0 bridgehead atoms. The van der Waals surface area contributed by atoms with E-state index in [0.717, 1.165) is 10.7 Å². The summed E-state index contributed by atoms with van der Waals surface area (Å²) in [4.78, 5) is 32.9. The van der Waals surface area contributed by atoms with Gasteiger partial charge in [0.25, 0.3) is 0 Å². The Bertz CT molecular complexity index is 843. The van der Waals surface area contributed by atoms with Crippen LogP contribution in [0.4, 0.5) is 9.93 Å². The minimum atomic E-state index is -0.400. The first-order valence-corrected chi connectivity index (χ1v) is 9.85. The van der Waals surface area contributed by atoms with Crippen molar-refractivity contribution in [1.29, 1.82) is 0 Å². The first-order valence-electron chi connectivity index (χ1n) is 9.03. The number of thiazole rings is 1. The molecule has 8 nitrogen and oxygen atoms in total. The molecule has 9 heteroatoms. The maximum Gasteiger partial charge on any atom is 0.410 e. The number of hydrogen-bond donors (Lipinski definition) is 0. The average Bonchev–Trinajstić information content (AvgIpc) is 3.39. The second-order valence-electron chi connectivity index (χ2n) is 6.61. The number of aromatic nitrogens is 1. The molecule has 2 atom stereocenters. The molecule has 1 aromatic heterocycles. The number of hydrogen-bond acceptors (Lipinski definition) is 8. The van der Waals surface area contributed by atoms with Gasteiger partial charge in [-0.15, -0.1) is 0 Å². The van der Waals surface area contributed by atoms with Crippen LogP contribution in [0.3, 0.4) is 0 Å². The number of nitrogens with zero attached hydrogens (tertiary/aromatic N) is 3. The van der Waals surface area contributed by atoms with Crippen molar-refractivity contribution in [2.75, 3.05) is 38.3 Å². The van der Waals surface area contributed by atoms with Crippen LogP contribution in [0.25, 0.3) is 0 Å². The highest BCUT2D eigenvalue weighted by atomic mass is 32.1. The highest BCUT2D eigenvalue weighted by molar-refractivity contribution is 7.17. The van der Waals surface area contributed by atoms with E-state index in [-0.39, 0.29) is 24.8 Å². The molecule has 0 aliphatic carbocycles. The van der Waals surface area contributed by atoms with Crippen LogP contribution in [0.15, 0.2) is 36.5 Å². The largest absolute Gasteiger partial charge is 0.465 e. The molecule has 2 aromatic rings. The third-order valence-corrected chi connectivity index (χ3v) is 5.93. The molecule has 1 amide bonds. The van der Waals surface area contributed by atoms with Gasteiger partial charge in [-0.1, -0.05) is 41.7 Å². The highest BCUT2D eigenvalue weighted by Gasteiger charge is 2.43. The van der Waals surface area contributed by atoms with Crippen molar-refractivity contribution >= 4 is 28.5 Å². The van der Waals surface area contributed by atoms with Crippen molar-refractivity contribution in [2.45, 2.75) is 18.8 Å². The number of ether oxygens (including phenoxy) is 3. The van der Waals surface area contributed by atoms with E-state index in [1.54, 1.807) is 4.90 Å². The van der Waals surface area contributed by atoms with Gasteiger partial charge in [-0.05, 0) is 5.56 Å². The molecule has 0 spiro atoms. The third-order valence-electron chi connectivity index (χ3n) is 4.89. The van der Waals surface area contributed by atoms with Gasteiger partial charge in [-0.25, -0.2) is 14.6 Å². The van der Waals surface area contributed by atoms with Crippen molar-refractivity contribution in [3.05, 3.63) is 47.0 Å². The Kier molecular flexibility index (Phi) is 5.45. The van der Waals surface area contributed by atoms with Crippen molar-refractivity contribution in [2.24, 2.45) is 0 Å². The molecule has 0 radical (unpaired) electrons. The summed E-state index contributed by atoms with van der Waals surface area (Å²) in [5, 5.41) is 0.719. The second-order valence-corrected chi connectivity index (χ2v) is 7.62. The summed E-state index contributed by atoms with van der Waals surface area (Å²) >= 11 is 1.28. The number of carbonyl (C=O) groups is 2. The first-order chi connectivity index (χ1) is 13.7. The molecule has 2 aliphatic rings. The molecule has 148 valence electrons. The maximum atomic E-state index is 12.6. The van der Waals surface area contributed by atoms with Gasteiger partial charge in [0.15, 0.2) is 5.13 Å². The first kappa shape index (κ1) is 18.7. The minimum absolute atomic E-state index is 0.108. The van der Waals surface area contributed by atoms with Gasteiger partial charge in [0.1, 0.15) is 11.5 Å². The number of anilines is 1. The van der Waals surface area contributed by atoms with Crippen LogP contribution >= 0.6 is 11.3 Å². The zero-order chi connectivity index (χ0) is 19.5. The molecule has 3 heterocycles. The Labute approximate surface area is 166 Å². The van der Waals surface area contributed by atoms with Crippen LogP contribution in [0.2, 0.25) is 0 Å². The average molecular weight is 403 g/mol. The van der Waals surface area contributed by atoms with Crippen LogP contribution in [-0.4, -0.2) is 67.4 Å². The van der Waals surface area contributed by atoms with Crippen LogP contribution in [0.1, 0.15) is 15.2 Å². The van der Waals surface area contributed by atoms with Gasteiger partial charge in [0.2, 0.25) is 0 Å². The lowest BCUT2D eigenvalue weighted by atomic mass is 10.1. The number of fused-ring (bicyclic) bond motifs is 1. The van der Waals surface area contributed by atoms with Gasteiger partial charge >= 0.3 is 12.1 Å². The predicted octanol–water partition coefficient (Wildman–Crippen LogP) is 2.16. The lowest BCUT2D eigenvalue weighted by molar-refractivity contribution is -0.0441. The van der Waals surface area contributed by atoms with Crippen LogP contribution in [0.5, 0.6) is 0 Å². The summed E-state index contributed by atoms with van der Waals surface area (Å²) in [6, 6.07) is 9.50. The minimum Gasteiger partial charge on any atom is -0.465 e. The molecule has 2 saturated heterocycles. The number of benzene rings is 1. The van der Waals surface area contributed by atoms with Crippen LogP contribution in [-0.2, 0) is 20.8 Å². The standard InChI is InChI=1S/C19H21N3O5S/c1-25-17(23)16-9-20-18(28-16)21-10-14-15(11-21)26-8-7-22(14)19(24)27-12-13-5-3-2-4-6-13/h2-6,9,14-15H,7-8,10-12H2,1H3/t14-,15+/m1/s1. The predicted molar refractivity (Wildman–Crippen MR) is 103 cm³/mol. The lowest BCUT2D eigenvalue weighted by Crippen LogP contribution is -2.53.